The number of carbonyl (C=O) groups is 1. The average Bonchev–Trinajstić information content (AvgIpc) is 2.59. The Morgan fingerprint density at radius 1 is 1.15 bits per heavy atom. The number of halogens is 1. The summed E-state index contributed by atoms with van der Waals surface area (Å²) in [5.74, 6) is 1.46. The molecule has 0 fully saturated rings. The minimum absolute atomic E-state index is 0.222. The van der Waals surface area contributed by atoms with Gasteiger partial charge in [0.2, 0.25) is 0 Å². The highest BCUT2D eigenvalue weighted by atomic mass is 79.9. The molecule has 0 saturated heterocycles. The summed E-state index contributed by atoms with van der Waals surface area (Å²) in [5, 5.41) is 2.89. The molecular weight excluding hydrogens is 394 g/mol. The lowest BCUT2D eigenvalue weighted by Crippen LogP contribution is -2.15. The molecule has 26 heavy (non-hydrogen) atoms. The van der Waals surface area contributed by atoms with Crippen LogP contribution in [0.5, 0.6) is 11.5 Å². The maximum absolute atomic E-state index is 12.7. The van der Waals surface area contributed by atoms with Crippen molar-refractivity contribution < 1.29 is 14.3 Å². The monoisotopic (exact) mass is 417 g/mol. The molecule has 0 heterocycles. The van der Waals surface area contributed by atoms with Crippen molar-refractivity contribution in [2.45, 2.75) is 20.8 Å². The van der Waals surface area contributed by atoms with Crippen LogP contribution in [0.3, 0.4) is 0 Å². The van der Waals surface area contributed by atoms with Gasteiger partial charge in [-0.25, -0.2) is 0 Å². The number of benzene rings is 2. The lowest BCUT2D eigenvalue weighted by Gasteiger charge is -2.14. The van der Waals surface area contributed by atoms with Crippen LogP contribution in [0, 0.1) is 5.92 Å². The van der Waals surface area contributed by atoms with Gasteiger partial charge in [-0.15, -0.1) is 0 Å². The summed E-state index contributed by atoms with van der Waals surface area (Å²) in [7, 11) is 0. The largest absolute Gasteiger partial charge is 0.492 e. The predicted octanol–water partition coefficient (Wildman–Crippen LogP) is 5.69. The third-order valence-electron chi connectivity index (χ3n) is 3.36. The first kappa shape index (κ1) is 20.0. The Kier molecular flexibility index (Phi) is 7.27. The minimum Gasteiger partial charge on any atom is -0.492 e. The minimum atomic E-state index is -0.222. The number of anilines is 1. The van der Waals surface area contributed by atoms with Crippen LogP contribution >= 0.6 is 15.9 Å². The van der Waals surface area contributed by atoms with Gasteiger partial charge in [0, 0.05) is 10.2 Å². The van der Waals surface area contributed by atoms with Crippen molar-refractivity contribution in [3.8, 4) is 11.5 Å². The summed E-state index contributed by atoms with van der Waals surface area (Å²) in [6, 6.07) is 12.7. The van der Waals surface area contributed by atoms with E-state index >= 15 is 0 Å². The first-order valence-corrected chi connectivity index (χ1v) is 9.25. The topological polar surface area (TPSA) is 47.6 Å². The van der Waals surface area contributed by atoms with Gasteiger partial charge in [0.15, 0.2) is 0 Å². The second-order valence-electron chi connectivity index (χ2n) is 6.57. The molecule has 0 bridgehead atoms. The van der Waals surface area contributed by atoms with Crippen LogP contribution in [0.4, 0.5) is 5.69 Å². The van der Waals surface area contributed by atoms with E-state index in [9.17, 15) is 4.79 Å². The molecule has 0 unspecified atom stereocenters. The summed E-state index contributed by atoms with van der Waals surface area (Å²) in [6.45, 7) is 10.9. The van der Waals surface area contributed by atoms with Gasteiger partial charge in [-0.2, -0.15) is 0 Å². The Bertz CT molecular complexity index is 769. The summed E-state index contributed by atoms with van der Waals surface area (Å²) in [4.78, 5) is 12.7. The van der Waals surface area contributed by atoms with Crippen molar-refractivity contribution in [2.24, 2.45) is 5.92 Å². The van der Waals surface area contributed by atoms with Crippen molar-refractivity contribution >= 4 is 27.5 Å². The third-order valence-corrected chi connectivity index (χ3v) is 3.85. The average molecular weight is 418 g/mol. The van der Waals surface area contributed by atoms with Gasteiger partial charge < -0.3 is 14.8 Å². The number of nitrogens with one attached hydrogen (secondary N) is 1. The molecule has 5 heteroatoms. The van der Waals surface area contributed by atoms with Crippen LogP contribution in [0.2, 0.25) is 0 Å². The summed E-state index contributed by atoms with van der Waals surface area (Å²) in [5.41, 5.74) is 2.13. The van der Waals surface area contributed by atoms with E-state index in [0.717, 1.165) is 15.8 Å². The Hall–Kier alpha value is -2.27. The zero-order valence-corrected chi connectivity index (χ0v) is 16.9. The van der Waals surface area contributed by atoms with Crippen LogP contribution < -0.4 is 14.8 Å². The summed E-state index contributed by atoms with van der Waals surface area (Å²) < 4.78 is 12.2. The van der Waals surface area contributed by atoms with Gasteiger partial charge in [0.05, 0.1) is 12.2 Å². The molecule has 2 aromatic rings. The Morgan fingerprint density at radius 2 is 1.85 bits per heavy atom. The van der Waals surface area contributed by atoms with E-state index in [1.165, 1.54) is 0 Å². The summed E-state index contributed by atoms with van der Waals surface area (Å²) in [6.07, 6.45) is 0. The number of hydrogen-bond donors (Lipinski definition) is 1. The van der Waals surface area contributed by atoms with Crippen molar-refractivity contribution in [2.75, 3.05) is 18.5 Å². The van der Waals surface area contributed by atoms with E-state index in [1.807, 2.05) is 25.1 Å². The van der Waals surface area contributed by atoms with Gasteiger partial charge in [0.1, 0.15) is 18.1 Å². The van der Waals surface area contributed by atoms with Crippen molar-refractivity contribution in [3.05, 3.63) is 64.7 Å². The van der Waals surface area contributed by atoms with E-state index in [1.54, 1.807) is 24.3 Å². The number of rotatable bonds is 8. The first-order chi connectivity index (χ1) is 12.3. The molecule has 1 amide bonds. The van der Waals surface area contributed by atoms with E-state index in [0.29, 0.717) is 36.1 Å². The van der Waals surface area contributed by atoms with Crippen molar-refractivity contribution in [3.63, 3.8) is 0 Å². The van der Waals surface area contributed by atoms with Crippen molar-refractivity contribution in [1.82, 2.24) is 0 Å². The molecule has 0 spiro atoms. The number of hydrogen-bond acceptors (Lipinski definition) is 3. The number of carbonyl (C=O) groups excluding carboxylic acids is 1. The van der Waals surface area contributed by atoms with E-state index in [4.69, 9.17) is 9.47 Å². The maximum Gasteiger partial charge on any atom is 0.259 e. The number of ether oxygens (including phenoxy) is 2. The van der Waals surface area contributed by atoms with E-state index in [-0.39, 0.29) is 5.91 Å². The lowest BCUT2D eigenvalue weighted by molar-refractivity contribution is 0.102. The van der Waals surface area contributed by atoms with Crippen LogP contribution in [-0.4, -0.2) is 19.1 Å². The molecule has 0 aliphatic carbocycles. The lowest BCUT2D eigenvalue weighted by atomic mass is 10.1. The highest BCUT2D eigenvalue weighted by Gasteiger charge is 2.14. The molecule has 2 rings (SSSR count). The number of amides is 1. The predicted molar refractivity (Wildman–Crippen MR) is 109 cm³/mol. The third kappa shape index (κ3) is 6.23. The molecule has 138 valence electrons. The van der Waals surface area contributed by atoms with Crippen LogP contribution in [0.15, 0.2) is 59.1 Å². The highest BCUT2D eigenvalue weighted by Crippen LogP contribution is 2.25. The van der Waals surface area contributed by atoms with Crippen LogP contribution in [0.25, 0.3) is 0 Å². The standard InChI is InChI=1S/C21H24BrNO3/c1-14(2)12-25-18-8-6-17(7-9-18)23-21(24)19-11-16(22)5-10-20(19)26-13-15(3)4/h5-11,15H,1,12-13H2,2-4H3,(H,23,24). The van der Waals surface area contributed by atoms with Gasteiger partial charge >= 0.3 is 0 Å². The van der Waals surface area contributed by atoms with Gasteiger partial charge in [0.25, 0.3) is 5.91 Å². The molecule has 1 N–H and O–H groups in total. The van der Waals surface area contributed by atoms with Crippen LogP contribution in [-0.2, 0) is 0 Å². The molecule has 0 radical (unpaired) electrons. The molecule has 0 aromatic heterocycles. The second-order valence-corrected chi connectivity index (χ2v) is 7.49. The zero-order chi connectivity index (χ0) is 19.1. The molecule has 0 aliphatic heterocycles. The Labute approximate surface area is 163 Å². The van der Waals surface area contributed by atoms with Gasteiger partial charge in [-0.1, -0.05) is 36.4 Å². The second kappa shape index (κ2) is 9.43. The molecule has 0 aliphatic rings. The molecule has 0 saturated carbocycles. The van der Waals surface area contributed by atoms with Crippen LogP contribution in [0.1, 0.15) is 31.1 Å². The van der Waals surface area contributed by atoms with Crippen molar-refractivity contribution in [1.29, 1.82) is 0 Å². The quantitative estimate of drug-likeness (QED) is 0.560. The Morgan fingerprint density at radius 3 is 2.46 bits per heavy atom. The van der Waals surface area contributed by atoms with E-state index < -0.39 is 0 Å². The normalized spacial score (nSPS) is 10.5. The maximum atomic E-state index is 12.7. The molecule has 2 aromatic carbocycles. The molecule has 4 nitrogen and oxygen atoms in total. The summed E-state index contributed by atoms with van der Waals surface area (Å²) >= 11 is 3.41. The highest BCUT2D eigenvalue weighted by molar-refractivity contribution is 9.10. The fraction of sp³-hybridized carbons (Fsp3) is 0.286. The molecule has 0 atom stereocenters. The zero-order valence-electron chi connectivity index (χ0n) is 15.3. The fourth-order valence-electron chi connectivity index (χ4n) is 2.10. The molecular formula is C21H24BrNO3. The van der Waals surface area contributed by atoms with E-state index in [2.05, 4.69) is 41.7 Å². The van der Waals surface area contributed by atoms with Gasteiger partial charge in [-0.05, 0) is 60.9 Å². The van der Waals surface area contributed by atoms with Gasteiger partial charge in [-0.3, -0.25) is 4.79 Å². The SMILES string of the molecule is C=C(C)COc1ccc(NC(=O)c2cc(Br)ccc2OCC(C)C)cc1. The fourth-order valence-corrected chi connectivity index (χ4v) is 2.46. The Balaban J connectivity index is 2.09. The first-order valence-electron chi connectivity index (χ1n) is 8.46. The smallest absolute Gasteiger partial charge is 0.259 e.